The summed E-state index contributed by atoms with van der Waals surface area (Å²) in [6.07, 6.45) is 3.97. The summed E-state index contributed by atoms with van der Waals surface area (Å²) >= 11 is 0. The van der Waals surface area contributed by atoms with Gasteiger partial charge in [0.2, 0.25) is 0 Å². The topological polar surface area (TPSA) is 120 Å². The van der Waals surface area contributed by atoms with Crippen LogP contribution in [0.15, 0.2) is 47.1 Å². The molecule has 3 atom stereocenters. The van der Waals surface area contributed by atoms with Gasteiger partial charge in [-0.25, -0.2) is 9.59 Å². The standard InChI is InChI=1S/C15H16N2O2.C4H4O4/c18-15(16-13-9-17-5-3-12(13)8-17)11-2-1-10-4-6-19-14(10)7-11;5-3(6)1-2-4(7)8/h1-2,4,6-7,12-13H,3,5,8-9H2,(H,16,18);1-2H,(H,5,6)(H,7,8)/b;2-1+/t12-,13-;/m0./s1. The molecule has 2 aromatic rings. The van der Waals surface area contributed by atoms with E-state index in [4.69, 9.17) is 14.6 Å². The van der Waals surface area contributed by atoms with E-state index in [1.807, 2.05) is 24.3 Å². The van der Waals surface area contributed by atoms with Crippen molar-refractivity contribution in [1.29, 1.82) is 0 Å². The number of carboxylic acid groups (broad SMARTS) is 2. The molecule has 2 fully saturated rings. The van der Waals surface area contributed by atoms with Gasteiger partial charge in [0.1, 0.15) is 5.58 Å². The van der Waals surface area contributed by atoms with Crippen molar-refractivity contribution in [2.75, 3.05) is 19.6 Å². The fourth-order valence-corrected chi connectivity index (χ4v) is 3.44. The molecule has 4 rings (SSSR count). The molecule has 2 aliphatic heterocycles. The molecule has 0 spiro atoms. The summed E-state index contributed by atoms with van der Waals surface area (Å²) in [5, 5.41) is 19.8. The smallest absolute Gasteiger partial charge is 0.328 e. The number of aliphatic carboxylic acids is 2. The van der Waals surface area contributed by atoms with Crippen LogP contribution in [0, 0.1) is 5.92 Å². The van der Waals surface area contributed by atoms with E-state index in [1.165, 1.54) is 13.0 Å². The number of nitrogens with zero attached hydrogens (tertiary/aromatic N) is 1. The predicted molar refractivity (Wildman–Crippen MR) is 96.4 cm³/mol. The number of hydrogen-bond donors (Lipinski definition) is 3. The lowest BCUT2D eigenvalue weighted by molar-refractivity contribution is -0.134. The molecule has 1 aromatic carbocycles. The Morgan fingerprint density at radius 2 is 1.85 bits per heavy atom. The van der Waals surface area contributed by atoms with Crippen LogP contribution < -0.4 is 5.32 Å². The Labute approximate surface area is 155 Å². The molecule has 2 saturated heterocycles. The quantitative estimate of drug-likeness (QED) is 0.697. The van der Waals surface area contributed by atoms with Gasteiger partial charge in [0.25, 0.3) is 5.91 Å². The van der Waals surface area contributed by atoms with Crippen molar-refractivity contribution in [2.45, 2.75) is 12.5 Å². The first-order chi connectivity index (χ1) is 12.9. The van der Waals surface area contributed by atoms with E-state index in [9.17, 15) is 14.4 Å². The highest BCUT2D eigenvalue weighted by Gasteiger charge is 2.38. The molecule has 0 radical (unpaired) electrons. The molecule has 1 unspecified atom stereocenters. The maximum Gasteiger partial charge on any atom is 0.328 e. The zero-order chi connectivity index (χ0) is 19.4. The minimum absolute atomic E-state index is 0.0112. The molecule has 0 saturated carbocycles. The third kappa shape index (κ3) is 4.73. The predicted octanol–water partition coefficient (Wildman–Crippen LogP) is 1.58. The number of carboxylic acids is 2. The number of furan rings is 1. The van der Waals surface area contributed by atoms with E-state index in [-0.39, 0.29) is 5.91 Å². The minimum atomic E-state index is -1.26. The van der Waals surface area contributed by atoms with Crippen LogP contribution in [0.3, 0.4) is 0 Å². The summed E-state index contributed by atoms with van der Waals surface area (Å²) in [5.41, 5.74) is 1.45. The van der Waals surface area contributed by atoms with Crippen LogP contribution in [0.1, 0.15) is 16.8 Å². The van der Waals surface area contributed by atoms with Gasteiger partial charge in [-0.2, -0.15) is 0 Å². The second-order valence-corrected chi connectivity index (χ2v) is 6.57. The van der Waals surface area contributed by atoms with E-state index < -0.39 is 11.9 Å². The molecule has 2 aliphatic rings. The number of rotatable bonds is 4. The molecule has 3 N–H and O–H groups in total. The summed E-state index contributed by atoms with van der Waals surface area (Å²) in [6.45, 7) is 3.33. The van der Waals surface area contributed by atoms with Crippen LogP contribution >= 0.6 is 0 Å². The maximum atomic E-state index is 12.3. The second kappa shape index (κ2) is 8.05. The average molecular weight is 372 g/mol. The van der Waals surface area contributed by atoms with E-state index >= 15 is 0 Å². The van der Waals surface area contributed by atoms with Crippen molar-refractivity contribution in [1.82, 2.24) is 10.2 Å². The Morgan fingerprint density at radius 1 is 1.11 bits per heavy atom. The summed E-state index contributed by atoms with van der Waals surface area (Å²) in [7, 11) is 0. The lowest BCUT2D eigenvalue weighted by atomic mass is 9.99. The number of carbonyl (C=O) groups excluding carboxylic acids is 1. The van der Waals surface area contributed by atoms with E-state index in [0.29, 0.717) is 29.7 Å². The van der Waals surface area contributed by atoms with Crippen molar-refractivity contribution in [2.24, 2.45) is 5.92 Å². The van der Waals surface area contributed by atoms with E-state index in [2.05, 4.69) is 10.2 Å². The van der Waals surface area contributed by atoms with E-state index in [1.54, 1.807) is 6.26 Å². The Kier molecular flexibility index (Phi) is 5.56. The van der Waals surface area contributed by atoms with Gasteiger partial charge in [0.15, 0.2) is 0 Å². The molecular formula is C19H20N2O6. The zero-order valence-corrected chi connectivity index (χ0v) is 14.5. The number of benzene rings is 1. The first kappa shape index (κ1) is 18.7. The highest BCUT2D eigenvalue weighted by molar-refractivity contribution is 5.97. The van der Waals surface area contributed by atoms with Gasteiger partial charge in [0, 0.05) is 42.2 Å². The number of nitrogens with one attached hydrogen (secondary N) is 1. The molecule has 2 bridgehead atoms. The third-order valence-electron chi connectivity index (χ3n) is 4.74. The van der Waals surface area contributed by atoms with E-state index in [0.717, 1.165) is 24.1 Å². The molecule has 8 nitrogen and oxygen atoms in total. The van der Waals surface area contributed by atoms with Gasteiger partial charge in [0.05, 0.1) is 6.26 Å². The van der Waals surface area contributed by atoms with Crippen molar-refractivity contribution < 1.29 is 29.0 Å². The fourth-order valence-electron chi connectivity index (χ4n) is 3.44. The first-order valence-electron chi connectivity index (χ1n) is 8.57. The van der Waals surface area contributed by atoms with Crippen molar-refractivity contribution >= 4 is 28.8 Å². The molecule has 8 heteroatoms. The van der Waals surface area contributed by atoms with Crippen molar-refractivity contribution in [3.8, 4) is 0 Å². The minimum Gasteiger partial charge on any atom is -0.478 e. The number of hydrogen-bond acceptors (Lipinski definition) is 5. The summed E-state index contributed by atoms with van der Waals surface area (Å²) in [6, 6.07) is 7.82. The van der Waals surface area contributed by atoms with Crippen LogP contribution in [0.25, 0.3) is 11.0 Å². The molecule has 1 amide bonds. The van der Waals surface area contributed by atoms with Crippen LogP contribution in [0.4, 0.5) is 0 Å². The normalized spacial score (nSPS) is 23.2. The Bertz CT molecular complexity index is 871. The Morgan fingerprint density at radius 3 is 2.44 bits per heavy atom. The molecule has 3 heterocycles. The summed E-state index contributed by atoms with van der Waals surface area (Å²) in [4.78, 5) is 33.8. The molecule has 27 heavy (non-hydrogen) atoms. The highest BCUT2D eigenvalue weighted by atomic mass is 16.4. The van der Waals surface area contributed by atoms with Gasteiger partial charge in [-0.3, -0.25) is 4.79 Å². The second-order valence-electron chi connectivity index (χ2n) is 6.57. The SMILES string of the molecule is O=C(N[C@H]1CN2CC[C@H]1C2)c1ccc2ccoc2c1.O=C(O)/C=C/C(=O)O. The largest absolute Gasteiger partial charge is 0.478 e. The van der Waals surface area contributed by atoms with Gasteiger partial charge in [-0.15, -0.1) is 0 Å². The number of piperidine rings is 1. The monoisotopic (exact) mass is 372 g/mol. The lowest BCUT2D eigenvalue weighted by Gasteiger charge is -2.23. The van der Waals surface area contributed by atoms with Crippen LogP contribution in [0.5, 0.6) is 0 Å². The average Bonchev–Trinajstić information content (AvgIpc) is 3.36. The van der Waals surface area contributed by atoms with Crippen LogP contribution in [-0.4, -0.2) is 58.6 Å². The van der Waals surface area contributed by atoms with Gasteiger partial charge in [-0.05, 0) is 37.1 Å². The lowest BCUT2D eigenvalue weighted by Crippen LogP contribution is -2.43. The van der Waals surface area contributed by atoms with Crippen LogP contribution in [0.2, 0.25) is 0 Å². The Balaban J connectivity index is 0.000000226. The number of carbonyl (C=O) groups is 3. The highest BCUT2D eigenvalue weighted by Crippen LogP contribution is 2.28. The molecule has 142 valence electrons. The number of amides is 1. The van der Waals surface area contributed by atoms with Gasteiger partial charge >= 0.3 is 11.9 Å². The fraction of sp³-hybridized carbons (Fsp3) is 0.316. The molecule has 1 aromatic heterocycles. The zero-order valence-electron chi connectivity index (χ0n) is 14.5. The van der Waals surface area contributed by atoms with Gasteiger partial charge in [-0.1, -0.05) is 6.07 Å². The molecular weight excluding hydrogens is 352 g/mol. The number of fused-ring (bicyclic) bond motifs is 3. The maximum absolute atomic E-state index is 12.3. The molecule has 0 aliphatic carbocycles. The van der Waals surface area contributed by atoms with Crippen LogP contribution in [-0.2, 0) is 9.59 Å². The van der Waals surface area contributed by atoms with Crippen molar-refractivity contribution in [3.05, 3.63) is 48.2 Å². The van der Waals surface area contributed by atoms with Crippen molar-refractivity contribution in [3.63, 3.8) is 0 Å². The third-order valence-corrected chi connectivity index (χ3v) is 4.74. The summed E-state index contributed by atoms with van der Waals surface area (Å²) < 4.78 is 5.34. The summed E-state index contributed by atoms with van der Waals surface area (Å²) in [5.74, 6) is -1.87. The van der Waals surface area contributed by atoms with Gasteiger partial charge < -0.3 is 24.8 Å². The Hall–Kier alpha value is -3.13. The first-order valence-corrected chi connectivity index (χ1v) is 8.57.